The van der Waals surface area contributed by atoms with E-state index in [9.17, 15) is 9.90 Å². The molecule has 1 aromatic carbocycles. The monoisotopic (exact) mass is 234 g/mol. The zero-order valence-corrected chi connectivity index (χ0v) is 9.85. The van der Waals surface area contributed by atoms with Gasteiger partial charge in [-0.25, -0.2) is 4.79 Å². The van der Waals surface area contributed by atoms with E-state index in [0.717, 1.165) is 31.2 Å². The van der Waals surface area contributed by atoms with Crippen molar-refractivity contribution >= 4 is 5.97 Å². The van der Waals surface area contributed by atoms with Crippen molar-refractivity contribution in [2.24, 2.45) is 0 Å². The molecule has 1 saturated carbocycles. The summed E-state index contributed by atoms with van der Waals surface area (Å²) < 4.78 is 0. The van der Waals surface area contributed by atoms with Gasteiger partial charge in [0.05, 0.1) is 11.2 Å². The zero-order valence-electron chi connectivity index (χ0n) is 9.85. The molecule has 0 radical (unpaired) electrons. The Kier molecular flexibility index (Phi) is 3.48. The molecule has 3 heteroatoms. The van der Waals surface area contributed by atoms with Crippen molar-refractivity contribution in [1.82, 2.24) is 0 Å². The first-order valence-electron chi connectivity index (χ1n) is 6.14. The smallest absolute Gasteiger partial charge is 0.335 e. The van der Waals surface area contributed by atoms with Crippen molar-refractivity contribution in [2.45, 2.75) is 44.1 Å². The second-order valence-corrected chi connectivity index (χ2v) is 4.97. The summed E-state index contributed by atoms with van der Waals surface area (Å²) in [5.41, 5.74) is 0.575. The zero-order chi connectivity index (χ0) is 12.3. The minimum absolute atomic E-state index is 0.293. The van der Waals surface area contributed by atoms with Crippen LogP contribution in [0.2, 0.25) is 0 Å². The SMILES string of the molecule is O=C(O)c1cccc(CC2(O)CCCCC2)c1. The Bertz CT molecular complexity index is 406. The highest BCUT2D eigenvalue weighted by Gasteiger charge is 2.29. The second-order valence-electron chi connectivity index (χ2n) is 4.97. The summed E-state index contributed by atoms with van der Waals surface area (Å²) in [4.78, 5) is 10.9. The van der Waals surface area contributed by atoms with Crippen LogP contribution < -0.4 is 0 Å². The number of benzene rings is 1. The van der Waals surface area contributed by atoms with Gasteiger partial charge in [0.15, 0.2) is 0 Å². The average Bonchev–Trinajstić information content (AvgIpc) is 2.29. The highest BCUT2D eigenvalue weighted by molar-refractivity contribution is 5.87. The summed E-state index contributed by atoms with van der Waals surface area (Å²) in [5.74, 6) is -0.914. The van der Waals surface area contributed by atoms with Gasteiger partial charge >= 0.3 is 5.97 Å². The van der Waals surface area contributed by atoms with Gasteiger partial charge in [-0.15, -0.1) is 0 Å². The molecule has 2 N–H and O–H groups in total. The summed E-state index contributed by atoms with van der Waals surface area (Å²) in [7, 11) is 0. The van der Waals surface area contributed by atoms with Crippen molar-refractivity contribution in [3.63, 3.8) is 0 Å². The highest BCUT2D eigenvalue weighted by atomic mass is 16.4. The van der Waals surface area contributed by atoms with Gasteiger partial charge in [0, 0.05) is 6.42 Å². The predicted octanol–water partition coefficient (Wildman–Crippen LogP) is 2.62. The maximum atomic E-state index is 10.9. The summed E-state index contributed by atoms with van der Waals surface area (Å²) in [5, 5.41) is 19.3. The molecule has 1 aliphatic rings. The fourth-order valence-corrected chi connectivity index (χ4v) is 2.58. The molecule has 0 amide bonds. The molecule has 1 fully saturated rings. The average molecular weight is 234 g/mol. The molecule has 0 saturated heterocycles. The van der Waals surface area contributed by atoms with Crippen LogP contribution in [-0.4, -0.2) is 21.8 Å². The van der Waals surface area contributed by atoms with E-state index < -0.39 is 11.6 Å². The molecule has 0 heterocycles. The lowest BCUT2D eigenvalue weighted by Crippen LogP contribution is -2.33. The lowest BCUT2D eigenvalue weighted by atomic mass is 9.80. The molecule has 0 spiro atoms. The van der Waals surface area contributed by atoms with Crippen LogP contribution in [0.3, 0.4) is 0 Å². The lowest BCUT2D eigenvalue weighted by molar-refractivity contribution is 0.00444. The van der Waals surface area contributed by atoms with Gasteiger partial charge in [0.25, 0.3) is 0 Å². The van der Waals surface area contributed by atoms with E-state index in [1.165, 1.54) is 6.42 Å². The summed E-state index contributed by atoms with van der Waals surface area (Å²) in [6.07, 6.45) is 5.53. The van der Waals surface area contributed by atoms with Gasteiger partial charge in [-0.2, -0.15) is 0 Å². The normalized spacial score (nSPS) is 18.9. The van der Waals surface area contributed by atoms with Gasteiger partial charge in [-0.05, 0) is 30.5 Å². The van der Waals surface area contributed by atoms with Gasteiger partial charge < -0.3 is 10.2 Å². The first-order valence-corrected chi connectivity index (χ1v) is 6.14. The molecule has 1 aromatic rings. The molecule has 17 heavy (non-hydrogen) atoms. The molecule has 0 unspecified atom stereocenters. The Morgan fingerprint density at radius 2 is 1.94 bits per heavy atom. The van der Waals surface area contributed by atoms with E-state index in [0.29, 0.717) is 12.0 Å². The number of carboxylic acid groups (broad SMARTS) is 1. The third kappa shape index (κ3) is 3.07. The van der Waals surface area contributed by atoms with Gasteiger partial charge in [0.2, 0.25) is 0 Å². The summed E-state index contributed by atoms with van der Waals surface area (Å²) in [6, 6.07) is 6.87. The van der Waals surface area contributed by atoms with E-state index in [2.05, 4.69) is 0 Å². The van der Waals surface area contributed by atoms with Crippen molar-refractivity contribution in [2.75, 3.05) is 0 Å². The number of carbonyl (C=O) groups is 1. The summed E-state index contributed by atoms with van der Waals surface area (Å²) in [6.45, 7) is 0. The molecule has 0 bridgehead atoms. The number of rotatable bonds is 3. The van der Waals surface area contributed by atoms with Crippen LogP contribution >= 0.6 is 0 Å². The van der Waals surface area contributed by atoms with Crippen molar-refractivity contribution in [3.05, 3.63) is 35.4 Å². The molecule has 1 aliphatic carbocycles. The van der Waals surface area contributed by atoms with E-state index >= 15 is 0 Å². The Hall–Kier alpha value is -1.35. The number of aromatic carboxylic acids is 1. The predicted molar refractivity (Wildman–Crippen MR) is 65.1 cm³/mol. The summed E-state index contributed by atoms with van der Waals surface area (Å²) >= 11 is 0. The topological polar surface area (TPSA) is 57.5 Å². The molecule has 0 aromatic heterocycles. The largest absolute Gasteiger partial charge is 0.478 e. The van der Waals surface area contributed by atoms with E-state index in [1.807, 2.05) is 6.07 Å². The molecular formula is C14H18O3. The van der Waals surface area contributed by atoms with Crippen LogP contribution in [0.15, 0.2) is 24.3 Å². The van der Waals surface area contributed by atoms with Crippen molar-refractivity contribution in [3.8, 4) is 0 Å². The highest BCUT2D eigenvalue weighted by Crippen LogP contribution is 2.31. The Morgan fingerprint density at radius 3 is 2.59 bits per heavy atom. The van der Waals surface area contributed by atoms with Gasteiger partial charge in [0.1, 0.15) is 0 Å². The Morgan fingerprint density at radius 1 is 1.24 bits per heavy atom. The Labute approximate surface area is 101 Å². The minimum atomic E-state index is -0.914. The maximum Gasteiger partial charge on any atom is 0.335 e. The van der Waals surface area contributed by atoms with Crippen LogP contribution in [0.1, 0.15) is 48.0 Å². The Balaban J connectivity index is 2.12. The van der Waals surface area contributed by atoms with Gasteiger partial charge in [-0.1, -0.05) is 31.4 Å². The second kappa shape index (κ2) is 4.88. The van der Waals surface area contributed by atoms with Crippen molar-refractivity contribution < 1.29 is 15.0 Å². The van der Waals surface area contributed by atoms with E-state index in [-0.39, 0.29) is 0 Å². The molecule has 0 aliphatic heterocycles. The fourth-order valence-electron chi connectivity index (χ4n) is 2.58. The third-order valence-corrected chi connectivity index (χ3v) is 3.49. The van der Waals surface area contributed by atoms with E-state index in [1.54, 1.807) is 18.2 Å². The van der Waals surface area contributed by atoms with Crippen LogP contribution in [0.4, 0.5) is 0 Å². The fraction of sp³-hybridized carbons (Fsp3) is 0.500. The molecule has 0 atom stereocenters. The quantitative estimate of drug-likeness (QED) is 0.845. The standard InChI is InChI=1S/C14H18O3/c15-13(16)12-6-4-5-11(9-12)10-14(17)7-2-1-3-8-14/h4-6,9,17H,1-3,7-8,10H2,(H,15,16). The van der Waals surface area contributed by atoms with Crippen LogP contribution in [-0.2, 0) is 6.42 Å². The minimum Gasteiger partial charge on any atom is -0.478 e. The van der Waals surface area contributed by atoms with Gasteiger partial charge in [-0.3, -0.25) is 0 Å². The van der Waals surface area contributed by atoms with Crippen molar-refractivity contribution in [1.29, 1.82) is 0 Å². The maximum absolute atomic E-state index is 10.9. The molecule has 2 rings (SSSR count). The number of aliphatic hydroxyl groups is 1. The molecular weight excluding hydrogens is 216 g/mol. The van der Waals surface area contributed by atoms with Crippen LogP contribution in [0.5, 0.6) is 0 Å². The van der Waals surface area contributed by atoms with E-state index in [4.69, 9.17) is 5.11 Å². The number of hydrogen-bond donors (Lipinski definition) is 2. The number of carboxylic acids is 1. The van der Waals surface area contributed by atoms with Crippen LogP contribution in [0, 0.1) is 0 Å². The lowest BCUT2D eigenvalue weighted by Gasteiger charge is -2.32. The first kappa shape index (κ1) is 12.1. The number of hydrogen-bond acceptors (Lipinski definition) is 2. The molecule has 92 valence electrons. The van der Waals surface area contributed by atoms with Crippen LogP contribution in [0.25, 0.3) is 0 Å². The molecule has 3 nitrogen and oxygen atoms in total. The third-order valence-electron chi connectivity index (χ3n) is 3.49. The first-order chi connectivity index (χ1) is 8.09.